The van der Waals surface area contributed by atoms with Crippen molar-refractivity contribution in [3.8, 4) is 0 Å². The van der Waals surface area contributed by atoms with Crippen LogP contribution in [0.5, 0.6) is 0 Å². The summed E-state index contributed by atoms with van der Waals surface area (Å²) < 4.78 is 28.6. The van der Waals surface area contributed by atoms with Crippen LogP contribution in [0.3, 0.4) is 0 Å². The van der Waals surface area contributed by atoms with Gasteiger partial charge in [0, 0.05) is 4.90 Å². The summed E-state index contributed by atoms with van der Waals surface area (Å²) in [6, 6.07) is 3.66. The van der Waals surface area contributed by atoms with E-state index in [-0.39, 0.29) is 10.8 Å². The molecule has 82 valence electrons. The van der Waals surface area contributed by atoms with Crippen LogP contribution >= 0.6 is 11.6 Å². The largest absolute Gasteiger partial charge is 0.468 e. The summed E-state index contributed by atoms with van der Waals surface area (Å²) in [4.78, 5) is 11.1. The molecule has 0 aliphatic heterocycles. The number of methoxy groups -OCH3 is 1. The molecule has 0 amide bonds. The lowest BCUT2D eigenvalue weighted by atomic mass is 10.3. The average Bonchev–Trinajstić information content (AvgIpc) is 2.21. The monoisotopic (exact) mass is 250 g/mol. The van der Waals surface area contributed by atoms with Crippen LogP contribution in [0.2, 0.25) is 5.02 Å². The fourth-order valence-electron chi connectivity index (χ4n) is 0.868. The second kappa shape index (κ2) is 5.23. The molecule has 1 rings (SSSR count). The van der Waals surface area contributed by atoms with Crippen LogP contribution in [0.15, 0.2) is 23.1 Å². The molecule has 6 heteroatoms. The minimum atomic E-state index is -1.56. The molecule has 0 radical (unpaired) electrons. The van der Waals surface area contributed by atoms with Crippen molar-refractivity contribution in [1.82, 2.24) is 0 Å². The molecule has 1 atom stereocenters. The predicted molar refractivity (Wildman–Crippen MR) is 54.7 cm³/mol. The molecular weight excluding hydrogens is 243 g/mol. The number of carbonyl (C=O) groups is 1. The van der Waals surface area contributed by atoms with Crippen LogP contribution in [-0.2, 0) is 20.3 Å². The number of hydrogen-bond donors (Lipinski definition) is 0. The van der Waals surface area contributed by atoms with Crippen LogP contribution in [0.1, 0.15) is 0 Å². The topological polar surface area (TPSA) is 43.4 Å². The van der Waals surface area contributed by atoms with Crippen LogP contribution in [0, 0.1) is 5.82 Å². The number of halogens is 2. The van der Waals surface area contributed by atoms with E-state index in [0.717, 1.165) is 6.07 Å². The summed E-state index contributed by atoms with van der Waals surface area (Å²) in [6.45, 7) is 0. The summed E-state index contributed by atoms with van der Waals surface area (Å²) in [5.41, 5.74) is 0. The lowest BCUT2D eigenvalue weighted by Gasteiger charge is -2.02. The molecular formula is C9H8ClFO3S. The van der Waals surface area contributed by atoms with Gasteiger partial charge in [-0.2, -0.15) is 0 Å². The fourth-order valence-corrected chi connectivity index (χ4v) is 2.08. The number of hydrogen-bond acceptors (Lipinski definition) is 3. The van der Waals surface area contributed by atoms with E-state index in [1.165, 1.54) is 19.2 Å². The molecule has 3 nitrogen and oxygen atoms in total. The normalized spacial score (nSPS) is 12.2. The summed E-state index contributed by atoms with van der Waals surface area (Å²) in [7, 11) is -0.352. The molecule has 15 heavy (non-hydrogen) atoms. The van der Waals surface area contributed by atoms with Gasteiger partial charge in [0.1, 0.15) is 11.6 Å². The third-order valence-electron chi connectivity index (χ3n) is 1.63. The number of rotatable bonds is 3. The van der Waals surface area contributed by atoms with Gasteiger partial charge in [-0.1, -0.05) is 11.6 Å². The van der Waals surface area contributed by atoms with E-state index >= 15 is 0 Å². The molecule has 0 aromatic heterocycles. The highest BCUT2D eigenvalue weighted by molar-refractivity contribution is 7.85. The Labute approximate surface area is 93.6 Å². The zero-order chi connectivity index (χ0) is 11.4. The lowest BCUT2D eigenvalue weighted by Crippen LogP contribution is -2.12. The number of benzene rings is 1. The molecule has 0 aliphatic carbocycles. The maximum Gasteiger partial charge on any atom is 0.318 e. The van der Waals surface area contributed by atoms with Gasteiger partial charge in [-0.3, -0.25) is 9.00 Å². The number of esters is 1. The van der Waals surface area contributed by atoms with E-state index in [2.05, 4.69) is 4.74 Å². The van der Waals surface area contributed by atoms with E-state index < -0.39 is 22.6 Å². The molecule has 0 N–H and O–H groups in total. The quantitative estimate of drug-likeness (QED) is 0.768. The number of ether oxygens (including phenoxy) is 1. The standard InChI is InChI=1S/C9H8ClFO3S/c1-14-9(12)5-15(13)6-2-3-8(11)7(10)4-6/h2-4H,5H2,1H3. The predicted octanol–water partition coefficient (Wildman–Crippen LogP) is 1.76. The highest BCUT2D eigenvalue weighted by Gasteiger charge is 2.11. The molecule has 1 unspecified atom stereocenters. The number of carbonyl (C=O) groups excluding carboxylic acids is 1. The first kappa shape index (κ1) is 12.1. The van der Waals surface area contributed by atoms with Gasteiger partial charge in [0.25, 0.3) is 0 Å². The van der Waals surface area contributed by atoms with E-state index in [0.29, 0.717) is 4.90 Å². The van der Waals surface area contributed by atoms with Gasteiger partial charge in [0.05, 0.1) is 22.9 Å². The van der Waals surface area contributed by atoms with Gasteiger partial charge >= 0.3 is 5.97 Å². The summed E-state index contributed by atoms with van der Waals surface area (Å²) in [5, 5.41) is -0.120. The first-order chi connectivity index (χ1) is 7.04. The molecule has 0 bridgehead atoms. The van der Waals surface area contributed by atoms with Crippen LogP contribution in [-0.4, -0.2) is 23.0 Å². The third-order valence-corrected chi connectivity index (χ3v) is 3.20. The van der Waals surface area contributed by atoms with E-state index in [1.807, 2.05) is 0 Å². The maximum absolute atomic E-state index is 12.8. The average molecular weight is 251 g/mol. The van der Waals surface area contributed by atoms with E-state index in [9.17, 15) is 13.4 Å². The zero-order valence-corrected chi connectivity index (χ0v) is 9.40. The Morgan fingerprint density at radius 3 is 2.80 bits per heavy atom. The van der Waals surface area contributed by atoms with E-state index in [4.69, 9.17) is 11.6 Å². The second-order valence-corrected chi connectivity index (χ2v) is 4.50. The summed E-state index contributed by atoms with van der Waals surface area (Å²) in [5.74, 6) is -1.44. The van der Waals surface area contributed by atoms with Crippen LogP contribution in [0.25, 0.3) is 0 Å². The van der Waals surface area contributed by atoms with Crippen molar-refractivity contribution in [1.29, 1.82) is 0 Å². The lowest BCUT2D eigenvalue weighted by molar-refractivity contribution is -0.137. The van der Waals surface area contributed by atoms with Gasteiger partial charge in [0.15, 0.2) is 0 Å². The van der Waals surface area contributed by atoms with Crippen molar-refractivity contribution in [2.24, 2.45) is 0 Å². The van der Waals surface area contributed by atoms with Gasteiger partial charge in [-0.05, 0) is 18.2 Å². The third kappa shape index (κ3) is 3.28. The van der Waals surface area contributed by atoms with Crippen molar-refractivity contribution >= 4 is 28.4 Å². The molecule has 0 heterocycles. The van der Waals surface area contributed by atoms with Crippen LogP contribution in [0.4, 0.5) is 4.39 Å². The van der Waals surface area contributed by atoms with Crippen LogP contribution < -0.4 is 0 Å². The van der Waals surface area contributed by atoms with Gasteiger partial charge < -0.3 is 4.74 Å². The van der Waals surface area contributed by atoms with Crippen molar-refractivity contribution in [2.75, 3.05) is 12.9 Å². The minimum Gasteiger partial charge on any atom is -0.468 e. The highest BCUT2D eigenvalue weighted by Crippen LogP contribution is 2.18. The Hall–Kier alpha value is -0.940. The minimum absolute atomic E-state index is 0.120. The molecule has 1 aromatic rings. The Morgan fingerprint density at radius 1 is 1.60 bits per heavy atom. The second-order valence-electron chi connectivity index (χ2n) is 2.64. The van der Waals surface area contributed by atoms with Crippen molar-refractivity contribution in [2.45, 2.75) is 4.90 Å². The smallest absolute Gasteiger partial charge is 0.318 e. The fraction of sp³-hybridized carbons (Fsp3) is 0.222. The molecule has 0 aliphatic rings. The first-order valence-corrected chi connectivity index (χ1v) is 5.64. The summed E-state index contributed by atoms with van der Waals surface area (Å²) >= 11 is 5.50. The Balaban J connectivity index is 2.83. The van der Waals surface area contributed by atoms with Crippen molar-refractivity contribution in [3.63, 3.8) is 0 Å². The SMILES string of the molecule is COC(=O)CS(=O)c1ccc(F)c(Cl)c1. The Bertz CT molecular complexity index is 408. The Morgan fingerprint density at radius 2 is 2.27 bits per heavy atom. The zero-order valence-electron chi connectivity index (χ0n) is 7.83. The van der Waals surface area contributed by atoms with Gasteiger partial charge in [-0.25, -0.2) is 4.39 Å². The van der Waals surface area contributed by atoms with Crippen molar-refractivity contribution in [3.05, 3.63) is 29.0 Å². The molecule has 0 saturated heterocycles. The molecule has 1 aromatic carbocycles. The maximum atomic E-state index is 12.8. The highest BCUT2D eigenvalue weighted by atomic mass is 35.5. The van der Waals surface area contributed by atoms with Gasteiger partial charge in [-0.15, -0.1) is 0 Å². The Kier molecular flexibility index (Phi) is 4.23. The molecule has 0 spiro atoms. The molecule has 0 saturated carbocycles. The van der Waals surface area contributed by atoms with E-state index in [1.54, 1.807) is 0 Å². The van der Waals surface area contributed by atoms with Gasteiger partial charge in [0.2, 0.25) is 0 Å². The summed E-state index contributed by atoms with van der Waals surface area (Å²) in [6.07, 6.45) is 0. The first-order valence-electron chi connectivity index (χ1n) is 3.95. The molecule has 0 fully saturated rings. The van der Waals surface area contributed by atoms with Crippen molar-refractivity contribution < 1.29 is 18.1 Å².